The van der Waals surface area contributed by atoms with Gasteiger partial charge in [-0.3, -0.25) is 20.1 Å². The summed E-state index contributed by atoms with van der Waals surface area (Å²) in [5.41, 5.74) is 6.13. The van der Waals surface area contributed by atoms with Gasteiger partial charge in [-0.25, -0.2) is 10.3 Å². The van der Waals surface area contributed by atoms with Crippen molar-refractivity contribution in [2.45, 2.75) is 45.2 Å². The smallest absolute Gasteiger partial charge is 0.335 e. The van der Waals surface area contributed by atoms with Gasteiger partial charge in [0.15, 0.2) is 0 Å². The van der Waals surface area contributed by atoms with Gasteiger partial charge >= 0.3 is 6.03 Å². The van der Waals surface area contributed by atoms with Crippen LogP contribution in [-0.4, -0.2) is 39.2 Å². The van der Waals surface area contributed by atoms with Crippen LogP contribution in [0.15, 0.2) is 36.7 Å². The molecule has 3 heterocycles. The number of nitrogens with one attached hydrogen (secondary N) is 2. The van der Waals surface area contributed by atoms with Crippen LogP contribution in [0, 0.1) is 13.8 Å². The second-order valence-corrected chi connectivity index (χ2v) is 6.98. The summed E-state index contributed by atoms with van der Waals surface area (Å²) in [6, 6.07) is 7.85. The monoisotopic (exact) mass is 369 g/mol. The quantitative estimate of drug-likeness (QED) is 0.557. The number of pyridine rings is 2. The van der Waals surface area contributed by atoms with E-state index in [9.17, 15) is 4.79 Å². The number of carbonyl (C=O) groups excluding carboxylic acids is 1. The lowest BCUT2D eigenvalue weighted by Crippen LogP contribution is -2.44. The lowest BCUT2D eigenvalue weighted by atomic mass is 9.89. The third kappa shape index (κ3) is 4.43. The van der Waals surface area contributed by atoms with Crippen molar-refractivity contribution in [1.82, 2.24) is 25.7 Å². The Kier molecular flexibility index (Phi) is 6.36. The summed E-state index contributed by atoms with van der Waals surface area (Å²) in [6.45, 7) is 5.26. The first-order valence-corrected chi connectivity index (χ1v) is 9.38. The van der Waals surface area contributed by atoms with E-state index >= 15 is 0 Å². The molecule has 3 N–H and O–H groups in total. The number of urea groups is 1. The van der Waals surface area contributed by atoms with Crippen LogP contribution in [0.25, 0.3) is 0 Å². The van der Waals surface area contributed by atoms with Gasteiger partial charge in [0.05, 0.1) is 23.5 Å². The predicted octanol–water partition coefficient (Wildman–Crippen LogP) is 3.05. The van der Waals surface area contributed by atoms with E-state index in [1.807, 2.05) is 24.5 Å². The van der Waals surface area contributed by atoms with E-state index < -0.39 is 6.03 Å². The number of nitrogens with zero attached hydrogens (tertiary/aromatic N) is 3. The zero-order chi connectivity index (χ0) is 19.2. The number of carbonyl (C=O) groups is 1. The van der Waals surface area contributed by atoms with E-state index in [0.29, 0.717) is 13.1 Å². The standard InChI is InChI=1S/C20H27N5O2/c1-14-6-4-10-21-18(14)16-8-3-9-17(19-15(2)7-5-11-22-19)25(16)13-12-23-20(26)24-27/h4-7,10-11,16-17,27H,3,8-9,12-13H2,1-2H3,(H2,23,24,26)/t16-,17+. The highest BCUT2D eigenvalue weighted by Gasteiger charge is 2.34. The Morgan fingerprint density at radius 3 is 2.15 bits per heavy atom. The number of rotatable bonds is 5. The van der Waals surface area contributed by atoms with Crippen LogP contribution in [0.1, 0.15) is 53.9 Å². The molecule has 0 aromatic carbocycles. The Morgan fingerprint density at radius 2 is 1.67 bits per heavy atom. The molecule has 3 rings (SSSR count). The first-order valence-electron chi connectivity index (χ1n) is 9.38. The van der Waals surface area contributed by atoms with E-state index in [-0.39, 0.29) is 12.1 Å². The molecular formula is C20H27N5O2. The van der Waals surface area contributed by atoms with Crippen molar-refractivity contribution in [1.29, 1.82) is 0 Å². The van der Waals surface area contributed by atoms with Gasteiger partial charge in [-0.15, -0.1) is 0 Å². The van der Waals surface area contributed by atoms with Crippen molar-refractivity contribution in [2.24, 2.45) is 0 Å². The Bertz CT molecular complexity index is 729. The molecule has 0 bridgehead atoms. The molecule has 0 saturated carbocycles. The molecule has 7 heteroatoms. The molecule has 1 aliphatic rings. The molecule has 27 heavy (non-hydrogen) atoms. The number of hydrogen-bond donors (Lipinski definition) is 3. The number of likely N-dealkylation sites (tertiary alicyclic amines) is 1. The van der Waals surface area contributed by atoms with Gasteiger partial charge in [0.25, 0.3) is 0 Å². The predicted molar refractivity (Wildman–Crippen MR) is 102 cm³/mol. The van der Waals surface area contributed by atoms with E-state index in [1.165, 1.54) is 11.1 Å². The van der Waals surface area contributed by atoms with Gasteiger partial charge in [-0.05, 0) is 56.4 Å². The number of amides is 2. The summed E-state index contributed by atoms with van der Waals surface area (Å²) in [5.74, 6) is 0. The van der Waals surface area contributed by atoms with Crippen LogP contribution >= 0.6 is 0 Å². The SMILES string of the molecule is Cc1cccnc1[C@H]1CCC[C@@H](c2ncccc2C)N1CCNC(=O)NO. The molecule has 1 saturated heterocycles. The molecule has 2 atom stereocenters. The van der Waals surface area contributed by atoms with Crippen LogP contribution in [0.5, 0.6) is 0 Å². The zero-order valence-electron chi connectivity index (χ0n) is 15.9. The number of aryl methyl sites for hydroxylation is 2. The number of hydroxylamine groups is 1. The molecule has 0 radical (unpaired) electrons. The van der Waals surface area contributed by atoms with Crippen LogP contribution < -0.4 is 10.8 Å². The third-order valence-electron chi connectivity index (χ3n) is 5.24. The van der Waals surface area contributed by atoms with Crippen molar-refractivity contribution < 1.29 is 10.0 Å². The first kappa shape index (κ1) is 19.3. The van der Waals surface area contributed by atoms with Crippen LogP contribution in [-0.2, 0) is 0 Å². The second kappa shape index (κ2) is 8.92. The van der Waals surface area contributed by atoms with Crippen molar-refractivity contribution in [3.05, 3.63) is 59.2 Å². The fourth-order valence-electron chi connectivity index (χ4n) is 3.98. The second-order valence-electron chi connectivity index (χ2n) is 6.98. The van der Waals surface area contributed by atoms with E-state index in [2.05, 4.69) is 46.2 Å². The Balaban J connectivity index is 1.90. The van der Waals surface area contributed by atoms with Gasteiger partial charge in [0.2, 0.25) is 0 Å². The average Bonchev–Trinajstić information content (AvgIpc) is 2.69. The van der Waals surface area contributed by atoms with Gasteiger partial charge in [0, 0.05) is 25.5 Å². The molecule has 7 nitrogen and oxygen atoms in total. The maximum Gasteiger partial charge on any atom is 0.338 e. The largest absolute Gasteiger partial charge is 0.338 e. The number of hydrogen-bond acceptors (Lipinski definition) is 5. The summed E-state index contributed by atoms with van der Waals surface area (Å²) in [5, 5.41) is 11.4. The maximum absolute atomic E-state index is 11.3. The van der Waals surface area contributed by atoms with Crippen LogP contribution in [0.3, 0.4) is 0 Å². The topological polar surface area (TPSA) is 90.4 Å². The lowest BCUT2D eigenvalue weighted by Gasteiger charge is -2.42. The Morgan fingerprint density at radius 1 is 1.11 bits per heavy atom. The molecule has 2 aromatic heterocycles. The fourth-order valence-corrected chi connectivity index (χ4v) is 3.98. The number of piperidine rings is 1. The minimum Gasteiger partial charge on any atom is -0.335 e. The minimum absolute atomic E-state index is 0.172. The first-order chi connectivity index (χ1) is 13.1. The molecule has 2 amide bonds. The van der Waals surface area contributed by atoms with Crippen molar-refractivity contribution in [3.63, 3.8) is 0 Å². The van der Waals surface area contributed by atoms with E-state index in [1.54, 1.807) is 5.48 Å². The normalized spacial score (nSPS) is 20.3. The van der Waals surface area contributed by atoms with Crippen LogP contribution in [0.2, 0.25) is 0 Å². The molecule has 0 unspecified atom stereocenters. The fraction of sp³-hybridized carbons (Fsp3) is 0.450. The van der Waals surface area contributed by atoms with E-state index in [4.69, 9.17) is 5.21 Å². The Labute approximate surface area is 159 Å². The van der Waals surface area contributed by atoms with Gasteiger partial charge in [0.1, 0.15) is 0 Å². The minimum atomic E-state index is -0.594. The van der Waals surface area contributed by atoms with Crippen LogP contribution in [0.4, 0.5) is 4.79 Å². The third-order valence-corrected chi connectivity index (χ3v) is 5.24. The highest BCUT2D eigenvalue weighted by atomic mass is 16.5. The molecule has 1 aliphatic heterocycles. The average molecular weight is 369 g/mol. The van der Waals surface area contributed by atoms with Crippen molar-refractivity contribution in [2.75, 3.05) is 13.1 Å². The van der Waals surface area contributed by atoms with Gasteiger partial charge in [-0.2, -0.15) is 0 Å². The molecule has 2 aromatic rings. The van der Waals surface area contributed by atoms with Crippen molar-refractivity contribution in [3.8, 4) is 0 Å². The molecule has 0 spiro atoms. The zero-order valence-corrected chi connectivity index (χ0v) is 15.9. The molecule has 0 aliphatic carbocycles. The summed E-state index contributed by atoms with van der Waals surface area (Å²) < 4.78 is 0. The van der Waals surface area contributed by atoms with Gasteiger partial charge < -0.3 is 5.32 Å². The molecule has 1 fully saturated rings. The molecule has 144 valence electrons. The number of aromatic nitrogens is 2. The summed E-state index contributed by atoms with van der Waals surface area (Å²) in [6.07, 6.45) is 6.82. The summed E-state index contributed by atoms with van der Waals surface area (Å²) in [4.78, 5) is 23.1. The maximum atomic E-state index is 11.3. The summed E-state index contributed by atoms with van der Waals surface area (Å²) in [7, 11) is 0. The highest BCUT2D eigenvalue weighted by molar-refractivity contribution is 5.72. The van der Waals surface area contributed by atoms with Crippen molar-refractivity contribution >= 4 is 6.03 Å². The lowest BCUT2D eigenvalue weighted by molar-refractivity contribution is 0.0770. The molecular weight excluding hydrogens is 342 g/mol. The van der Waals surface area contributed by atoms with E-state index in [0.717, 1.165) is 30.7 Å². The van der Waals surface area contributed by atoms with Gasteiger partial charge in [-0.1, -0.05) is 12.1 Å². The Hall–Kier alpha value is -2.51. The summed E-state index contributed by atoms with van der Waals surface area (Å²) >= 11 is 0. The highest BCUT2D eigenvalue weighted by Crippen LogP contribution is 2.41.